The number of anilines is 1. The van der Waals surface area contributed by atoms with Crippen LogP contribution in [0.4, 0.5) is 10.1 Å². The number of piperazine rings is 1. The van der Waals surface area contributed by atoms with Gasteiger partial charge in [-0.05, 0) is 67.3 Å². The molecule has 0 spiro atoms. The van der Waals surface area contributed by atoms with Gasteiger partial charge in [-0.1, -0.05) is 23.7 Å². The average Bonchev–Trinajstić information content (AvgIpc) is 2.87. The van der Waals surface area contributed by atoms with Gasteiger partial charge in [0, 0.05) is 61.1 Å². The molecule has 1 aliphatic carbocycles. The van der Waals surface area contributed by atoms with Crippen LogP contribution in [0.15, 0.2) is 53.4 Å². The Balaban J connectivity index is 1.20. The molecule has 1 saturated carbocycles. The predicted octanol–water partition coefficient (Wildman–Crippen LogP) is 4.91. The zero-order valence-electron chi connectivity index (χ0n) is 19.7. The first kappa shape index (κ1) is 24.2. The average molecular weight is 514 g/mol. The second kappa shape index (κ2) is 10.2. The van der Waals surface area contributed by atoms with Crippen molar-refractivity contribution in [1.82, 2.24) is 9.80 Å². The maximum Gasteiger partial charge on any atom is 0.260 e. The van der Waals surface area contributed by atoms with Crippen molar-refractivity contribution >= 4 is 46.9 Å². The van der Waals surface area contributed by atoms with Gasteiger partial charge in [0.05, 0.1) is 4.91 Å². The van der Waals surface area contributed by atoms with Crippen LogP contribution in [-0.2, 0) is 9.59 Å². The van der Waals surface area contributed by atoms with Crippen molar-refractivity contribution in [2.24, 2.45) is 5.92 Å². The summed E-state index contributed by atoms with van der Waals surface area (Å²) in [5, 5.41) is 0.943. The number of carbonyl (C=O) groups excluding carboxylic acids is 2. The highest BCUT2D eigenvalue weighted by atomic mass is 35.5. The molecule has 0 bridgehead atoms. The monoisotopic (exact) mass is 513 g/mol. The number of thioether (sulfide) groups is 1. The summed E-state index contributed by atoms with van der Waals surface area (Å²) in [4.78, 5) is 33.2. The number of likely N-dealkylation sites (N-methyl/N-ethyl adjacent to an activating group) is 1. The molecule has 2 amide bonds. The summed E-state index contributed by atoms with van der Waals surface area (Å²) in [6.45, 7) is 2.80. The molecule has 2 heterocycles. The van der Waals surface area contributed by atoms with Crippen molar-refractivity contribution in [2.45, 2.75) is 30.6 Å². The Bertz CT molecular complexity index is 1130. The maximum absolute atomic E-state index is 13.4. The molecule has 2 aromatic rings. The van der Waals surface area contributed by atoms with E-state index in [9.17, 15) is 14.0 Å². The minimum absolute atomic E-state index is 0.0113. The first-order chi connectivity index (χ1) is 16.9. The second-order valence-corrected chi connectivity index (χ2v) is 11.2. The lowest BCUT2D eigenvalue weighted by molar-refractivity contribution is -0.139. The van der Waals surface area contributed by atoms with Gasteiger partial charge in [0.15, 0.2) is 0 Å². The van der Waals surface area contributed by atoms with E-state index in [1.54, 1.807) is 23.9 Å². The van der Waals surface area contributed by atoms with Gasteiger partial charge in [-0.15, -0.1) is 11.8 Å². The van der Waals surface area contributed by atoms with Crippen LogP contribution in [0.3, 0.4) is 0 Å². The Hall–Kier alpha value is -2.51. The smallest absolute Gasteiger partial charge is 0.260 e. The Morgan fingerprint density at radius 1 is 1.09 bits per heavy atom. The van der Waals surface area contributed by atoms with Gasteiger partial charge in [0.25, 0.3) is 5.91 Å². The molecule has 0 radical (unpaired) electrons. The van der Waals surface area contributed by atoms with E-state index in [-0.39, 0.29) is 29.6 Å². The highest BCUT2D eigenvalue weighted by Gasteiger charge is 2.43. The van der Waals surface area contributed by atoms with Crippen LogP contribution in [0.5, 0.6) is 0 Å². The van der Waals surface area contributed by atoms with Gasteiger partial charge in [0.1, 0.15) is 5.82 Å². The molecule has 35 heavy (non-hydrogen) atoms. The molecule has 3 fully saturated rings. The summed E-state index contributed by atoms with van der Waals surface area (Å²) in [6, 6.07) is 14.1. The molecule has 8 heteroatoms. The lowest BCUT2D eigenvalue weighted by Gasteiger charge is -2.45. The minimum Gasteiger partial charge on any atom is -0.368 e. The fraction of sp³-hybridized carbons (Fsp3) is 0.407. The van der Waals surface area contributed by atoms with E-state index in [2.05, 4.69) is 4.90 Å². The lowest BCUT2D eigenvalue weighted by atomic mass is 9.83. The number of hydrogen-bond acceptors (Lipinski definition) is 4. The number of hydrogen-bond donors (Lipinski definition) is 0. The maximum atomic E-state index is 13.4. The van der Waals surface area contributed by atoms with Crippen molar-refractivity contribution in [2.75, 3.05) is 38.1 Å². The van der Waals surface area contributed by atoms with Gasteiger partial charge < -0.3 is 14.7 Å². The summed E-state index contributed by atoms with van der Waals surface area (Å²) < 4.78 is 13.2. The van der Waals surface area contributed by atoms with Crippen LogP contribution in [0.25, 0.3) is 6.08 Å². The van der Waals surface area contributed by atoms with Crippen LogP contribution in [-0.4, -0.2) is 66.1 Å². The molecular formula is C27H29ClFN3O2S. The Kier molecular flexibility index (Phi) is 7.07. The van der Waals surface area contributed by atoms with E-state index in [0.29, 0.717) is 29.8 Å². The fourth-order valence-corrected chi connectivity index (χ4v) is 7.04. The first-order valence-corrected chi connectivity index (χ1v) is 13.3. The van der Waals surface area contributed by atoms with Crippen LogP contribution < -0.4 is 4.90 Å². The van der Waals surface area contributed by atoms with Crippen LogP contribution in [0.2, 0.25) is 5.02 Å². The number of halogens is 2. The van der Waals surface area contributed by atoms with Crippen molar-refractivity contribution < 1.29 is 14.0 Å². The number of fused-ring (bicyclic) bond motifs is 1. The van der Waals surface area contributed by atoms with Crippen molar-refractivity contribution in [3.8, 4) is 0 Å². The standard InChI is InChI=1S/C27H29ClFN3O2S/c1-30-23-17-19(26(33)32-13-11-31(12-14-32)22-8-6-21(29)7-9-22)5-10-24(23)35-25(27(30)34)16-18-3-2-4-20(28)15-18/h2-4,6-9,15-16,19,23-24H,5,10-14,17H2,1H3/b25-16-. The third-order valence-corrected chi connectivity index (χ3v) is 8.97. The van der Waals surface area contributed by atoms with Gasteiger partial charge in [-0.25, -0.2) is 4.39 Å². The molecule has 5 rings (SSSR count). The van der Waals surface area contributed by atoms with Crippen LogP contribution in [0, 0.1) is 11.7 Å². The predicted molar refractivity (Wildman–Crippen MR) is 140 cm³/mol. The van der Waals surface area contributed by atoms with E-state index >= 15 is 0 Å². The van der Waals surface area contributed by atoms with E-state index in [1.807, 2.05) is 47.2 Å². The zero-order chi connectivity index (χ0) is 24.5. The van der Waals surface area contributed by atoms with Crippen LogP contribution in [0.1, 0.15) is 24.8 Å². The second-order valence-electron chi connectivity index (χ2n) is 9.50. The Labute approximate surface area is 214 Å². The summed E-state index contributed by atoms with van der Waals surface area (Å²) in [6.07, 6.45) is 4.38. The summed E-state index contributed by atoms with van der Waals surface area (Å²) in [5.41, 5.74) is 1.91. The Morgan fingerprint density at radius 2 is 1.83 bits per heavy atom. The van der Waals surface area contributed by atoms with Crippen molar-refractivity contribution in [3.63, 3.8) is 0 Å². The molecule has 2 aliphatic heterocycles. The van der Waals surface area contributed by atoms with E-state index < -0.39 is 0 Å². The summed E-state index contributed by atoms with van der Waals surface area (Å²) in [7, 11) is 1.86. The summed E-state index contributed by atoms with van der Waals surface area (Å²) in [5.74, 6) is -0.0805. The third-order valence-electron chi connectivity index (χ3n) is 7.34. The van der Waals surface area contributed by atoms with Gasteiger partial charge in [-0.3, -0.25) is 9.59 Å². The molecule has 5 nitrogen and oxygen atoms in total. The lowest BCUT2D eigenvalue weighted by Crippen LogP contribution is -2.55. The Morgan fingerprint density at radius 3 is 2.54 bits per heavy atom. The molecule has 0 aromatic heterocycles. The largest absolute Gasteiger partial charge is 0.368 e. The van der Waals surface area contributed by atoms with Crippen molar-refractivity contribution in [3.05, 3.63) is 69.8 Å². The summed E-state index contributed by atoms with van der Waals surface area (Å²) >= 11 is 7.75. The fourth-order valence-electron chi connectivity index (χ4n) is 5.36. The van der Waals surface area contributed by atoms with Crippen LogP contribution >= 0.6 is 23.4 Å². The highest BCUT2D eigenvalue weighted by Crippen LogP contribution is 2.43. The third kappa shape index (κ3) is 5.21. The number of carbonyl (C=O) groups is 2. The normalized spacial score (nSPS) is 26.1. The minimum atomic E-state index is -0.241. The SMILES string of the molecule is CN1C(=O)/C(=C/c2cccc(Cl)c2)SC2CCC(C(=O)N3CCN(c4ccc(F)cc4)CC3)CC21. The number of nitrogens with zero attached hydrogens (tertiary/aromatic N) is 3. The van der Waals surface area contributed by atoms with Gasteiger partial charge in [0.2, 0.25) is 5.91 Å². The zero-order valence-corrected chi connectivity index (χ0v) is 21.3. The highest BCUT2D eigenvalue weighted by molar-refractivity contribution is 8.04. The molecule has 3 aliphatic rings. The van der Waals surface area contributed by atoms with Gasteiger partial charge in [-0.2, -0.15) is 0 Å². The van der Waals surface area contributed by atoms with Crippen molar-refractivity contribution in [1.29, 1.82) is 0 Å². The quantitative estimate of drug-likeness (QED) is 0.547. The van der Waals surface area contributed by atoms with E-state index in [1.165, 1.54) is 12.1 Å². The molecule has 3 unspecified atom stereocenters. The molecule has 2 aromatic carbocycles. The van der Waals surface area contributed by atoms with Gasteiger partial charge >= 0.3 is 0 Å². The molecule has 3 atom stereocenters. The number of benzene rings is 2. The molecular weight excluding hydrogens is 485 g/mol. The number of rotatable bonds is 3. The molecule has 184 valence electrons. The first-order valence-electron chi connectivity index (χ1n) is 12.1. The molecule has 0 N–H and O–H groups in total. The topological polar surface area (TPSA) is 43.9 Å². The number of amides is 2. The van der Waals surface area contributed by atoms with E-state index in [0.717, 1.165) is 42.1 Å². The molecule has 2 saturated heterocycles. The van der Waals surface area contributed by atoms with E-state index in [4.69, 9.17) is 11.6 Å².